The largest absolute Gasteiger partial charge is 0.478 e. The highest BCUT2D eigenvalue weighted by atomic mass is 16.6. The maximum absolute atomic E-state index is 12.9. The minimum Gasteiger partial charge on any atom is -0.478 e. The lowest BCUT2D eigenvalue weighted by atomic mass is 9.92. The minimum atomic E-state index is -2.07. The number of rotatable bonds is 8. The van der Waals surface area contributed by atoms with Crippen LogP contribution in [-0.4, -0.2) is 65.7 Å². The summed E-state index contributed by atoms with van der Waals surface area (Å²) >= 11 is 0. The molecule has 0 bridgehead atoms. The lowest BCUT2D eigenvalue weighted by Crippen LogP contribution is -2.65. The molecule has 0 spiro atoms. The molecule has 2 saturated heterocycles. The molecule has 0 saturated carbocycles. The van der Waals surface area contributed by atoms with Crippen LogP contribution in [0.3, 0.4) is 0 Å². The second-order valence-electron chi connectivity index (χ2n) is 9.16. The van der Waals surface area contributed by atoms with Crippen molar-refractivity contribution in [1.29, 1.82) is 0 Å². The van der Waals surface area contributed by atoms with Crippen LogP contribution in [0.5, 0.6) is 5.75 Å². The number of ether oxygens (including phenoxy) is 1. The highest BCUT2D eigenvalue weighted by Gasteiger charge is 2.40. The van der Waals surface area contributed by atoms with Crippen molar-refractivity contribution in [1.82, 2.24) is 20.9 Å². The van der Waals surface area contributed by atoms with Gasteiger partial charge in [0.2, 0.25) is 17.5 Å². The molecule has 2 atom stereocenters. The molecule has 4 N–H and O–H groups in total. The number of nitrogens with one attached hydrogen (secondary N) is 3. The van der Waals surface area contributed by atoms with Gasteiger partial charge in [-0.3, -0.25) is 14.9 Å². The van der Waals surface area contributed by atoms with E-state index in [1.54, 1.807) is 35.2 Å². The Hall–Kier alpha value is -3.14. The van der Waals surface area contributed by atoms with E-state index in [0.29, 0.717) is 31.7 Å². The van der Waals surface area contributed by atoms with Crippen molar-refractivity contribution < 1.29 is 29.0 Å². The molecule has 2 aliphatic heterocycles. The van der Waals surface area contributed by atoms with Gasteiger partial charge in [0.05, 0.1) is 5.92 Å². The Morgan fingerprint density at radius 2 is 1.82 bits per heavy atom. The fourth-order valence-corrected chi connectivity index (χ4v) is 4.39. The van der Waals surface area contributed by atoms with Gasteiger partial charge >= 0.3 is 12.1 Å². The van der Waals surface area contributed by atoms with Gasteiger partial charge in [-0.15, -0.1) is 0 Å². The van der Waals surface area contributed by atoms with Gasteiger partial charge in [-0.1, -0.05) is 18.2 Å². The van der Waals surface area contributed by atoms with Crippen molar-refractivity contribution in [3.8, 4) is 5.75 Å². The third kappa shape index (κ3) is 7.18. The van der Waals surface area contributed by atoms with Crippen molar-refractivity contribution in [3.63, 3.8) is 0 Å². The Morgan fingerprint density at radius 1 is 1.12 bits per heavy atom. The van der Waals surface area contributed by atoms with Gasteiger partial charge in [0, 0.05) is 19.5 Å². The Bertz CT molecular complexity index is 873. The van der Waals surface area contributed by atoms with Crippen molar-refractivity contribution in [2.24, 2.45) is 11.8 Å². The van der Waals surface area contributed by atoms with Crippen LogP contribution in [0.25, 0.3) is 0 Å². The van der Waals surface area contributed by atoms with E-state index in [9.17, 15) is 24.3 Å². The molecule has 3 amide bonds. The Labute approximate surface area is 199 Å². The van der Waals surface area contributed by atoms with E-state index < -0.39 is 29.6 Å². The van der Waals surface area contributed by atoms with Crippen LogP contribution in [0.15, 0.2) is 30.3 Å². The summed E-state index contributed by atoms with van der Waals surface area (Å²) in [6, 6.07) is 8.19. The minimum absolute atomic E-state index is 0.0293. The molecule has 1 aromatic carbocycles. The molecule has 0 unspecified atom stereocenters. The number of para-hydroxylation sites is 1. The second kappa shape index (κ2) is 11.8. The number of amides is 3. The van der Waals surface area contributed by atoms with Crippen LogP contribution in [0.2, 0.25) is 0 Å². The second-order valence-corrected chi connectivity index (χ2v) is 9.16. The highest BCUT2D eigenvalue weighted by molar-refractivity contribution is 5.90. The Kier molecular flexibility index (Phi) is 8.86. The molecule has 2 heterocycles. The summed E-state index contributed by atoms with van der Waals surface area (Å²) < 4.78 is 5.09. The van der Waals surface area contributed by atoms with Gasteiger partial charge in [0.25, 0.3) is 0 Å². The van der Waals surface area contributed by atoms with Crippen molar-refractivity contribution in [2.75, 3.05) is 26.2 Å². The zero-order valence-electron chi connectivity index (χ0n) is 19.5. The number of aliphatic carboxylic acids is 1. The predicted octanol–water partition coefficient (Wildman–Crippen LogP) is 1.71. The number of carbonyl (C=O) groups is 4. The van der Waals surface area contributed by atoms with Crippen LogP contribution in [0, 0.1) is 11.8 Å². The lowest BCUT2D eigenvalue weighted by Gasteiger charge is -2.35. The molecule has 0 radical (unpaired) electrons. The van der Waals surface area contributed by atoms with E-state index in [2.05, 4.69) is 16.0 Å². The van der Waals surface area contributed by atoms with E-state index in [1.807, 2.05) is 0 Å². The maximum atomic E-state index is 12.9. The predicted molar refractivity (Wildman–Crippen MR) is 124 cm³/mol. The molecule has 34 heavy (non-hydrogen) atoms. The molecule has 10 heteroatoms. The number of piperidine rings is 2. The number of carbonyl (C=O) groups excluding carboxylic acids is 3. The number of likely N-dealkylation sites (tertiary alicyclic amines) is 1. The summed E-state index contributed by atoms with van der Waals surface area (Å²) in [4.78, 5) is 51.5. The molecule has 1 aromatic rings. The number of carboxylic acid groups (broad SMARTS) is 1. The van der Waals surface area contributed by atoms with E-state index in [-0.39, 0.29) is 18.2 Å². The maximum Gasteiger partial charge on any atom is 0.414 e. The first-order chi connectivity index (χ1) is 16.3. The van der Waals surface area contributed by atoms with Gasteiger partial charge in [-0.05, 0) is 70.2 Å². The molecule has 3 rings (SSSR count). The smallest absolute Gasteiger partial charge is 0.414 e. The molecule has 2 fully saturated rings. The van der Waals surface area contributed by atoms with Gasteiger partial charge < -0.3 is 25.4 Å². The van der Waals surface area contributed by atoms with E-state index in [1.165, 1.54) is 6.92 Å². The summed E-state index contributed by atoms with van der Waals surface area (Å²) in [6.07, 6.45) is 3.64. The first kappa shape index (κ1) is 25.5. The van der Waals surface area contributed by atoms with E-state index >= 15 is 0 Å². The van der Waals surface area contributed by atoms with E-state index in [4.69, 9.17) is 4.74 Å². The van der Waals surface area contributed by atoms with Crippen molar-refractivity contribution in [3.05, 3.63) is 30.3 Å². The third-order valence-electron chi connectivity index (χ3n) is 6.48. The number of hydrogen-bond donors (Lipinski definition) is 4. The fraction of sp³-hybridized carbons (Fsp3) is 0.583. The molecule has 186 valence electrons. The Balaban J connectivity index is 1.53. The van der Waals surface area contributed by atoms with Gasteiger partial charge in [0.15, 0.2) is 0 Å². The highest BCUT2D eigenvalue weighted by Crippen LogP contribution is 2.22. The summed E-state index contributed by atoms with van der Waals surface area (Å²) in [5, 5.41) is 17.6. The molecule has 0 aromatic heterocycles. The standard InChI is InChI=1S/C24H34N4O6/c1-24(22(31)32,27-23(33)34-19-7-3-2-4-8-19)26-21(30)18-6-5-15-28(16-18)20(29)10-9-17-11-13-25-14-12-17/h2-4,7-8,17-18,25H,5-6,9-16H2,1H3,(H,26,30)(H,27,33)(H,31,32)/t18-,24-/m1/s1. The number of benzene rings is 1. The summed E-state index contributed by atoms with van der Waals surface area (Å²) in [5.41, 5.74) is -2.07. The summed E-state index contributed by atoms with van der Waals surface area (Å²) in [6.45, 7) is 3.98. The molecule has 2 aliphatic rings. The average molecular weight is 475 g/mol. The quantitative estimate of drug-likeness (QED) is 0.421. The molecular formula is C24H34N4O6. The van der Waals surface area contributed by atoms with Crippen molar-refractivity contribution in [2.45, 2.75) is 51.1 Å². The fourth-order valence-electron chi connectivity index (χ4n) is 4.39. The summed E-state index contributed by atoms with van der Waals surface area (Å²) in [7, 11) is 0. The first-order valence-electron chi connectivity index (χ1n) is 11.9. The van der Waals surface area contributed by atoms with Gasteiger partial charge in [0.1, 0.15) is 5.75 Å². The molecule has 0 aliphatic carbocycles. The summed E-state index contributed by atoms with van der Waals surface area (Å²) in [5.74, 6) is -1.70. The average Bonchev–Trinajstić information content (AvgIpc) is 2.83. The Morgan fingerprint density at radius 3 is 2.50 bits per heavy atom. The number of carboxylic acids is 1. The monoisotopic (exact) mass is 474 g/mol. The zero-order chi connectivity index (χ0) is 24.6. The number of hydrogen-bond acceptors (Lipinski definition) is 6. The zero-order valence-corrected chi connectivity index (χ0v) is 19.5. The number of nitrogens with zero attached hydrogens (tertiary/aromatic N) is 1. The van der Waals surface area contributed by atoms with Gasteiger partial charge in [-0.25, -0.2) is 9.59 Å². The van der Waals surface area contributed by atoms with Crippen LogP contribution < -0.4 is 20.7 Å². The topological polar surface area (TPSA) is 137 Å². The van der Waals surface area contributed by atoms with Crippen LogP contribution >= 0.6 is 0 Å². The first-order valence-corrected chi connectivity index (χ1v) is 11.9. The third-order valence-corrected chi connectivity index (χ3v) is 6.48. The van der Waals surface area contributed by atoms with Crippen LogP contribution in [-0.2, 0) is 14.4 Å². The van der Waals surface area contributed by atoms with Crippen molar-refractivity contribution >= 4 is 23.9 Å². The normalized spacial score (nSPS) is 20.6. The SMILES string of the molecule is C[C@](NC(=O)Oc1ccccc1)(NC(=O)[C@@H]1CCCN(C(=O)CCC2CCNCC2)C1)C(=O)O. The van der Waals surface area contributed by atoms with Gasteiger partial charge in [-0.2, -0.15) is 0 Å². The van der Waals surface area contributed by atoms with Crippen LogP contribution in [0.4, 0.5) is 4.79 Å². The lowest BCUT2D eigenvalue weighted by molar-refractivity contribution is -0.149. The van der Waals surface area contributed by atoms with Crippen LogP contribution in [0.1, 0.15) is 45.4 Å². The molecule has 10 nitrogen and oxygen atoms in total. The molecular weight excluding hydrogens is 440 g/mol. The van der Waals surface area contributed by atoms with E-state index in [0.717, 1.165) is 32.4 Å².